The smallest absolute Gasteiger partial charge is 0.146 e. The van der Waals surface area contributed by atoms with Gasteiger partial charge in [-0.3, -0.25) is 4.98 Å². The number of rotatable bonds is 7. The van der Waals surface area contributed by atoms with Crippen LogP contribution in [0.1, 0.15) is 50.6 Å². The molecule has 19 heavy (non-hydrogen) atoms. The average Bonchev–Trinajstić information content (AvgIpc) is 2.38. The van der Waals surface area contributed by atoms with Crippen molar-refractivity contribution in [2.24, 2.45) is 0 Å². The Morgan fingerprint density at radius 1 is 1.53 bits per heavy atom. The molecule has 1 aromatic heterocycles. The van der Waals surface area contributed by atoms with Gasteiger partial charge in [0.1, 0.15) is 5.82 Å². The second-order valence-corrected chi connectivity index (χ2v) is 5.35. The number of nitrogens with one attached hydrogen (secondary N) is 1. The molecule has 1 fully saturated rings. The second kappa shape index (κ2) is 6.44. The first-order valence-corrected chi connectivity index (χ1v) is 7.09. The van der Waals surface area contributed by atoms with Gasteiger partial charge in [0.2, 0.25) is 0 Å². The molecule has 1 atom stereocenters. The molecule has 2 rings (SSSR count). The molecule has 1 unspecified atom stereocenters. The van der Waals surface area contributed by atoms with E-state index in [1.54, 1.807) is 19.4 Å². The van der Waals surface area contributed by atoms with Gasteiger partial charge in [-0.2, -0.15) is 0 Å². The van der Waals surface area contributed by atoms with Crippen molar-refractivity contribution in [3.63, 3.8) is 0 Å². The Balaban J connectivity index is 2.13. The zero-order valence-electron chi connectivity index (χ0n) is 11.8. The van der Waals surface area contributed by atoms with Crippen LogP contribution < -0.4 is 5.32 Å². The molecular weight excluding hydrogens is 243 g/mol. The molecular formula is C15H23FN2O. The lowest BCUT2D eigenvalue weighted by molar-refractivity contribution is -0.0839. The van der Waals surface area contributed by atoms with Gasteiger partial charge in [-0.1, -0.05) is 6.92 Å². The highest BCUT2D eigenvalue weighted by Crippen LogP contribution is 2.42. The van der Waals surface area contributed by atoms with Crippen LogP contribution in [0.2, 0.25) is 0 Å². The predicted octanol–water partition coefficient (Wildman–Crippen LogP) is 3.22. The Bertz CT molecular complexity index is 401. The minimum atomic E-state index is -0.235. The van der Waals surface area contributed by atoms with Crippen molar-refractivity contribution in [3.05, 3.63) is 29.8 Å². The zero-order chi connectivity index (χ0) is 13.7. The Hall–Kier alpha value is -1.00. The van der Waals surface area contributed by atoms with E-state index in [0.29, 0.717) is 5.56 Å². The summed E-state index contributed by atoms with van der Waals surface area (Å²) >= 11 is 0. The minimum Gasteiger partial charge on any atom is -0.378 e. The Morgan fingerprint density at radius 2 is 2.32 bits per heavy atom. The zero-order valence-corrected chi connectivity index (χ0v) is 11.8. The third-order valence-electron chi connectivity index (χ3n) is 4.09. The monoisotopic (exact) mass is 266 g/mol. The molecule has 1 heterocycles. The number of nitrogens with zero attached hydrogens (tertiary/aromatic N) is 1. The first-order valence-electron chi connectivity index (χ1n) is 7.09. The molecule has 0 amide bonds. The third kappa shape index (κ3) is 3.31. The van der Waals surface area contributed by atoms with Gasteiger partial charge in [0.25, 0.3) is 0 Å². The summed E-state index contributed by atoms with van der Waals surface area (Å²) < 4.78 is 19.6. The number of aromatic nitrogens is 1. The van der Waals surface area contributed by atoms with Crippen LogP contribution in [-0.2, 0) is 4.74 Å². The Morgan fingerprint density at radius 3 is 2.84 bits per heavy atom. The fourth-order valence-electron chi connectivity index (χ4n) is 2.71. The highest BCUT2D eigenvalue weighted by Gasteiger charge is 2.39. The van der Waals surface area contributed by atoms with Gasteiger partial charge in [-0.05, 0) is 44.7 Å². The van der Waals surface area contributed by atoms with E-state index in [9.17, 15) is 4.39 Å². The van der Waals surface area contributed by atoms with E-state index in [0.717, 1.165) is 32.2 Å². The Labute approximate surface area is 114 Å². The molecule has 1 aromatic rings. The van der Waals surface area contributed by atoms with Gasteiger partial charge >= 0.3 is 0 Å². The number of hydrogen-bond donors (Lipinski definition) is 1. The largest absolute Gasteiger partial charge is 0.378 e. The topological polar surface area (TPSA) is 34.1 Å². The molecule has 1 aliphatic rings. The van der Waals surface area contributed by atoms with Crippen LogP contribution >= 0.6 is 0 Å². The van der Waals surface area contributed by atoms with Crippen LogP contribution in [0.3, 0.4) is 0 Å². The quantitative estimate of drug-likeness (QED) is 0.822. The van der Waals surface area contributed by atoms with E-state index < -0.39 is 0 Å². The molecule has 3 nitrogen and oxygen atoms in total. The molecule has 0 spiro atoms. The van der Waals surface area contributed by atoms with Gasteiger partial charge < -0.3 is 10.1 Å². The van der Waals surface area contributed by atoms with Gasteiger partial charge in [-0.15, -0.1) is 0 Å². The maximum Gasteiger partial charge on any atom is 0.146 e. The lowest BCUT2D eigenvalue weighted by Gasteiger charge is -2.43. The van der Waals surface area contributed by atoms with Crippen LogP contribution in [0, 0.1) is 5.82 Å². The fraction of sp³-hybridized carbons (Fsp3) is 0.667. The predicted molar refractivity (Wildman–Crippen MR) is 73.4 cm³/mol. The Kier molecular flexibility index (Phi) is 4.88. The molecule has 1 N–H and O–H groups in total. The van der Waals surface area contributed by atoms with Crippen LogP contribution in [0.5, 0.6) is 0 Å². The normalized spacial score (nSPS) is 18.9. The van der Waals surface area contributed by atoms with Crippen molar-refractivity contribution < 1.29 is 9.13 Å². The first kappa shape index (κ1) is 14.4. The summed E-state index contributed by atoms with van der Waals surface area (Å²) in [6.45, 7) is 2.99. The summed E-state index contributed by atoms with van der Waals surface area (Å²) in [5, 5.41) is 3.44. The van der Waals surface area contributed by atoms with Gasteiger partial charge in [-0.25, -0.2) is 4.39 Å². The molecule has 0 saturated heterocycles. The minimum absolute atomic E-state index is 0.00296. The van der Waals surface area contributed by atoms with Crippen molar-refractivity contribution in [1.82, 2.24) is 10.3 Å². The number of ether oxygens (including phenoxy) is 1. The summed E-state index contributed by atoms with van der Waals surface area (Å²) in [4.78, 5) is 3.82. The van der Waals surface area contributed by atoms with E-state index in [1.807, 2.05) is 0 Å². The first-order chi connectivity index (χ1) is 9.21. The maximum absolute atomic E-state index is 13.9. The number of methoxy groups -OCH3 is 1. The molecule has 0 bridgehead atoms. The fourth-order valence-corrected chi connectivity index (χ4v) is 2.71. The van der Waals surface area contributed by atoms with Crippen molar-refractivity contribution >= 4 is 0 Å². The van der Waals surface area contributed by atoms with Crippen molar-refractivity contribution in [2.45, 2.75) is 50.7 Å². The van der Waals surface area contributed by atoms with Crippen LogP contribution in [0.15, 0.2) is 18.5 Å². The van der Waals surface area contributed by atoms with Gasteiger partial charge in [0.15, 0.2) is 0 Å². The van der Waals surface area contributed by atoms with Crippen molar-refractivity contribution in [1.29, 1.82) is 0 Å². The van der Waals surface area contributed by atoms with Gasteiger partial charge in [0.05, 0.1) is 11.8 Å². The van der Waals surface area contributed by atoms with E-state index in [1.165, 1.54) is 12.6 Å². The molecule has 0 aliphatic heterocycles. The number of hydrogen-bond acceptors (Lipinski definition) is 3. The van der Waals surface area contributed by atoms with Crippen LogP contribution in [0.25, 0.3) is 0 Å². The highest BCUT2D eigenvalue weighted by atomic mass is 19.1. The number of halogens is 1. The number of pyridine rings is 1. The summed E-state index contributed by atoms with van der Waals surface area (Å²) in [6.07, 6.45) is 8.14. The molecule has 0 aromatic carbocycles. The summed E-state index contributed by atoms with van der Waals surface area (Å²) in [6, 6.07) is 1.77. The molecule has 4 heteroatoms. The van der Waals surface area contributed by atoms with E-state index >= 15 is 0 Å². The SMILES string of the molecule is CCCNC(CC1(OC)CCC1)c1ccncc1F. The lowest BCUT2D eigenvalue weighted by atomic mass is 9.74. The highest BCUT2D eigenvalue weighted by molar-refractivity contribution is 5.18. The molecule has 106 valence electrons. The summed E-state index contributed by atoms with van der Waals surface area (Å²) in [7, 11) is 1.76. The van der Waals surface area contributed by atoms with Crippen LogP contribution in [-0.4, -0.2) is 24.2 Å². The molecule has 1 aliphatic carbocycles. The molecule has 0 radical (unpaired) electrons. The molecule has 1 saturated carbocycles. The van der Waals surface area contributed by atoms with E-state index in [2.05, 4.69) is 17.2 Å². The van der Waals surface area contributed by atoms with E-state index in [-0.39, 0.29) is 17.5 Å². The van der Waals surface area contributed by atoms with Crippen molar-refractivity contribution in [2.75, 3.05) is 13.7 Å². The second-order valence-electron chi connectivity index (χ2n) is 5.35. The lowest BCUT2D eigenvalue weighted by Crippen LogP contribution is -2.43. The van der Waals surface area contributed by atoms with Gasteiger partial charge in [0, 0.05) is 24.9 Å². The standard InChI is InChI=1S/C15H23FN2O/c1-3-8-18-14(10-15(19-2)6-4-7-15)12-5-9-17-11-13(12)16/h5,9,11,14,18H,3-4,6-8,10H2,1-2H3. The summed E-state index contributed by atoms with van der Waals surface area (Å²) in [5.74, 6) is -0.235. The van der Waals surface area contributed by atoms with Crippen molar-refractivity contribution in [3.8, 4) is 0 Å². The van der Waals surface area contributed by atoms with E-state index in [4.69, 9.17) is 4.74 Å². The average molecular weight is 266 g/mol. The maximum atomic E-state index is 13.9. The summed E-state index contributed by atoms with van der Waals surface area (Å²) in [5.41, 5.74) is 0.632. The third-order valence-corrected chi connectivity index (χ3v) is 4.09. The van der Waals surface area contributed by atoms with Crippen LogP contribution in [0.4, 0.5) is 4.39 Å².